The van der Waals surface area contributed by atoms with Gasteiger partial charge < -0.3 is 14.8 Å². The molecule has 2 atom stereocenters. The molecule has 0 heterocycles. The molecule has 0 aromatic rings. The van der Waals surface area contributed by atoms with Crippen molar-refractivity contribution in [2.24, 2.45) is 11.3 Å². The van der Waals surface area contributed by atoms with E-state index in [4.69, 9.17) is 4.74 Å². The minimum atomic E-state index is -0.370. The van der Waals surface area contributed by atoms with Crippen molar-refractivity contribution < 1.29 is 14.3 Å². The van der Waals surface area contributed by atoms with Gasteiger partial charge in [0, 0.05) is 13.0 Å². The van der Waals surface area contributed by atoms with Crippen LogP contribution < -0.4 is 5.32 Å². The maximum atomic E-state index is 11.0. The monoisotopic (exact) mass is 199 g/mol. The molecule has 0 aromatic carbocycles. The molecule has 2 unspecified atom stereocenters. The molecule has 1 aliphatic carbocycles. The summed E-state index contributed by atoms with van der Waals surface area (Å²) in [4.78, 5) is 21.3. The Kier molecular flexibility index (Phi) is 3.49. The molecule has 0 radical (unpaired) electrons. The Hall–Kier alpha value is -1.06. The highest BCUT2D eigenvalue weighted by Crippen LogP contribution is 2.53. The predicted octanol–water partition coefficient (Wildman–Crippen LogP) is 1.35. The molecule has 0 aromatic heterocycles. The number of carbonyl (C=O) groups excluding carboxylic acids is 2. The number of nitrogens with one attached hydrogen (secondary N) is 1. The van der Waals surface area contributed by atoms with Gasteiger partial charge in [-0.05, 0) is 24.7 Å². The lowest BCUT2D eigenvalue weighted by molar-refractivity contribution is -0.108. The maximum Gasteiger partial charge on any atom is 0.407 e. The van der Waals surface area contributed by atoms with Gasteiger partial charge in [0.2, 0.25) is 0 Å². The van der Waals surface area contributed by atoms with Gasteiger partial charge in [0.1, 0.15) is 6.29 Å². The van der Waals surface area contributed by atoms with Crippen LogP contribution in [0.2, 0.25) is 0 Å². The molecule has 1 rings (SSSR count). The molecular formula is C10H17NO3. The molecule has 1 fully saturated rings. The number of aldehydes is 1. The zero-order valence-electron chi connectivity index (χ0n) is 8.71. The van der Waals surface area contributed by atoms with E-state index in [9.17, 15) is 9.59 Å². The van der Waals surface area contributed by atoms with Crippen LogP contribution in [0.4, 0.5) is 4.79 Å². The highest BCUT2D eigenvalue weighted by Gasteiger charge is 2.49. The Morgan fingerprint density at radius 3 is 3.00 bits per heavy atom. The quantitative estimate of drug-likeness (QED) is 0.680. The molecule has 14 heavy (non-hydrogen) atoms. The van der Waals surface area contributed by atoms with E-state index in [2.05, 4.69) is 12.2 Å². The van der Waals surface area contributed by atoms with Gasteiger partial charge >= 0.3 is 6.09 Å². The number of ether oxygens (including phenoxy) is 1. The number of alkyl carbamates (subject to hydrolysis) is 1. The van der Waals surface area contributed by atoms with Crippen LogP contribution in [0, 0.1) is 11.3 Å². The molecule has 4 nitrogen and oxygen atoms in total. The minimum Gasteiger partial charge on any atom is -0.450 e. The summed E-state index contributed by atoms with van der Waals surface area (Å²) in [6.45, 7) is 4.84. The first-order chi connectivity index (χ1) is 6.62. The molecule has 0 saturated heterocycles. The number of hydrogen-bond donors (Lipinski definition) is 1. The van der Waals surface area contributed by atoms with Crippen LogP contribution in [-0.4, -0.2) is 25.5 Å². The third-order valence-corrected chi connectivity index (χ3v) is 2.83. The molecular weight excluding hydrogens is 182 g/mol. The van der Waals surface area contributed by atoms with Crippen molar-refractivity contribution >= 4 is 12.4 Å². The first-order valence-electron chi connectivity index (χ1n) is 4.96. The lowest BCUT2D eigenvalue weighted by atomic mass is 10.1. The molecule has 1 amide bonds. The molecule has 1 N–H and O–H groups in total. The summed E-state index contributed by atoms with van der Waals surface area (Å²) in [5.74, 6) is 0.432. The third-order valence-electron chi connectivity index (χ3n) is 2.83. The summed E-state index contributed by atoms with van der Waals surface area (Å²) in [7, 11) is 0. The van der Waals surface area contributed by atoms with Crippen LogP contribution >= 0.6 is 0 Å². The maximum absolute atomic E-state index is 11.0. The zero-order chi connectivity index (χ0) is 10.6. The Balaban J connectivity index is 2.19. The first-order valence-corrected chi connectivity index (χ1v) is 4.96. The second-order valence-electron chi connectivity index (χ2n) is 4.03. The molecule has 0 aliphatic heterocycles. The van der Waals surface area contributed by atoms with Crippen molar-refractivity contribution in [2.45, 2.75) is 26.7 Å². The molecule has 80 valence electrons. The molecule has 1 aliphatic rings. The standard InChI is InChI=1S/C10H17NO3/c1-3-14-9(13)11-7-10(2)6-8(10)4-5-12/h5,8H,3-4,6-7H2,1-2H3,(H,11,13). The summed E-state index contributed by atoms with van der Waals surface area (Å²) < 4.78 is 4.74. The first kappa shape index (κ1) is 11.0. The van der Waals surface area contributed by atoms with Crippen molar-refractivity contribution in [1.29, 1.82) is 0 Å². The Bertz CT molecular complexity index is 229. The van der Waals surface area contributed by atoms with E-state index in [0.29, 0.717) is 25.5 Å². The normalized spacial score (nSPS) is 29.4. The average molecular weight is 199 g/mol. The predicted molar refractivity (Wildman–Crippen MR) is 51.9 cm³/mol. The fraction of sp³-hybridized carbons (Fsp3) is 0.800. The average Bonchev–Trinajstić information content (AvgIpc) is 2.76. The largest absolute Gasteiger partial charge is 0.450 e. The summed E-state index contributed by atoms with van der Waals surface area (Å²) in [5.41, 5.74) is 0.105. The van der Waals surface area contributed by atoms with E-state index in [1.807, 2.05) is 0 Å². The molecule has 0 spiro atoms. The van der Waals surface area contributed by atoms with Crippen LogP contribution in [0.1, 0.15) is 26.7 Å². The van der Waals surface area contributed by atoms with Crippen LogP contribution in [0.3, 0.4) is 0 Å². The van der Waals surface area contributed by atoms with E-state index < -0.39 is 0 Å². The van der Waals surface area contributed by atoms with Gasteiger partial charge in [-0.1, -0.05) is 6.92 Å². The van der Waals surface area contributed by atoms with Crippen LogP contribution in [-0.2, 0) is 9.53 Å². The van der Waals surface area contributed by atoms with Crippen LogP contribution in [0.15, 0.2) is 0 Å². The van der Waals surface area contributed by atoms with E-state index in [1.165, 1.54) is 0 Å². The number of hydrogen-bond acceptors (Lipinski definition) is 3. The van der Waals surface area contributed by atoms with Gasteiger partial charge in [-0.25, -0.2) is 4.79 Å². The van der Waals surface area contributed by atoms with Crippen molar-refractivity contribution in [3.63, 3.8) is 0 Å². The van der Waals surface area contributed by atoms with Crippen molar-refractivity contribution in [3.8, 4) is 0 Å². The lowest BCUT2D eigenvalue weighted by Gasteiger charge is -2.11. The van der Waals surface area contributed by atoms with Gasteiger partial charge in [0.25, 0.3) is 0 Å². The summed E-state index contributed by atoms with van der Waals surface area (Å²) in [6, 6.07) is 0. The zero-order valence-corrected chi connectivity index (χ0v) is 8.71. The van der Waals surface area contributed by atoms with Gasteiger partial charge in [0.05, 0.1) is 6.61 Å². The van der Waals surface area contributed by atoms with Crippen molar-refractivity contribution in [2.75, 3.05) is 13.2 Å². The Morgan fingerprint density at radius 1 is 1.71 bits per heavy atom. The third kappa shape index (κ3) is 2.72. The number of amides is 1. The fourth-order valence-corrected chi connectivity index (χ4v) is 1.66. The van der Waals surface area contributed by atoms with E-state index in [0.717, 1.165) is 12.7 Å². The smallest absolute Gasteiger partial charge is 0.407 e. The molecule has 0 bridgehead atoms. The van der Waals surface area contributed by atoms with E-state index in [-0.39, 0.29) is 11.5 Å². The minimum absolute atomic E-state index is 0.105. The molecule has 4 heteroatoms. The summed E-state index contributed by atoms with van der Waals surface area (Å²) in [5, 5.41) is 2.70. The van der Waals surface area contributed by atoms with Gasteiger partial charge in [-0.3, -0.25) is 0 Å². The Labute approximate surface area is 84.0 Å². The lowest BCUT2D eigenvalue weighted by Crippen LogP contribution is -2.30. The van der Waals surface area contributed by atoms with Crippen molar-refractivity contribution in [1.82, 2.24) is 5.32 Å². The second-order valence-corrected chi connectivity index (χ2v) is 4.03. The fourth-order valence-electron chi connectivity index (χ4n) is 1.66. The topological polar surface area (TPSA) is 55.4 Å². The Morgan fingerprint density at radius 2 is 2.43 bits per heavy atom. The van der Waals surface area contributed by atoms with Crippen LogP contribution in [0.25, 0.3) is 0 Å². The highest BCUT2D eigenvalue weighted by atomic mass is 16.5. The van der Waals surface area contributed by atoms with Crippen molar-refractivity contribution in [3.05, 3.63) is 0 Å². The van der Waals surface area contributed by atoms with Gasteiger partial charge in [-0.2, -0.15) is 0 Å². The SMILES string of the molecule is CCOC(=O)NCC1(C)CC1CC=O. The highest BCUT2D eigenvalue weighted by molar-refractivity contribution is 5.67. The van der Waals surface area contributed by atoms with Crippen LogP contribution in [0.5, 0.6) is 0 Å². The summed E-state index contributed by atoms with van der Waals surface area (Å²) >= 11 is 0. The van der Waals surface area contributed by atoms with E-state index in [1.54, 1.807) is 6.92 Å². The summed E-state index contributed by atoms with van der Waals surface area (Å²) in [6.07, 6.45) is 2.19. The second kappa shape index (κ2) is 4.44. The number of carbonyl (C=O) groups is 2. The number of rotatable bonds is 5. The van der Waals surface area contributed by atoms with Gasteiger partial charge in [0.15, 0.2) is 0 Å². The van der Waals surface area contributed by atoms with Gasteiger partial charge in [-0.15, -0.1) is 0 Å². The molecule has 1 saturated carbocycles. The van der Waals surface area contributed by atoms with E-state index >= 15 is 0 Å².